The van der Waals surface area contributed by atoms with Crippen molar-refractivity contribution in [1.82, 2.24) is 0 Å². The molecule has 0 bridgehead atoms. The van der Waals surface area contributed by atoms with Gasteiger partial charge in [-0.25, -0.2) is 0 Å². The van der Waals surface area contributed by atoms with Gasteiger partial charge in [0.15, 0.2) is 5.78 Å². The number of halogens is 2. The number of unbranched alkanes of at least 4 members (excludes halogenated alkanes) is 1. The maximum Gasteiger partial charge on any atom is 0.154 e. The van der Waals surface area contributed by atoms with Crippen LogP contribution in [0.2, 0.25) is 10.0 Å². The number of carbonyl (C=O) groups excluding carboxylic acids is 1. The Morgan fingerprint density at radius 3 is 2.71 bits per heavy atom. The molecule has 0 aromatic heterocycles. The summed E-state index contributed by atoms with van der Waals surface area (Å²) in [5.74, 6) is -0.870. The molecule has 0 amide bonds. The molecule has 0 aliphatic heterocycles. The van der Waals surface area contributed by atoms with Crippen LogP contribution in [-0.4, -0.2) is 5.78 Å². The van der Waals surface area contributed by atoms with Crippen molar-refractivity contribution in [1.29, 1.82) is 5.26 Å². The molecule has 0 fully saturated rings. The van der Waals surface area contributed by atoms with Crippen molar-refractivity contribution in [3.63, 3.8) is 0 Å². The van der Waals surface area contributed by atoms with Gasteiger partial charge in [-0.05, 0) is 24.1 Å². The molecule has 0 aliphatic rings. The third-order valence-electron chi connectivity index (χ3n) is 2.50. The van der Waals surface area contributed by atoms with Gasteiger partial charge >= 0.3 is 0 Å². The highest BCUT2D eigenvalue weighted by atomic mass is 35.5. The van der Waals surface area contributed by atoms with E-state index in [4.69, 9.17) is 28.5 Å². The maximum atomic E-state index is 11.9. The summed E-state index contributed by atoms with van der Waals surface area (Å²) in [4.78, 5) is 11.9. The second-order valence-electron chi connectivity index (χ2n) is 3.80. The Labute approximate surface area is 111 Å². The fourth-order valence-corrected chi connectivity index (χ4v) is 2.06. The summed E-state index contributed by atoms with van der Waals surface area (Å²) < 4.78 is 0. The molecule has 90 valence electrons. The number of rotatable bonds is 5. The fraction of sp³-hybridized carbons (Fsp3) is 0.385. The molecule has 0 aliphatic carbocycles. The summed E-state index contributed by atoms with van der Waals surface area (Å²) in [7, 11) is 0. The predicted octanol–water partition coefficient (Wildman–Crippen LogP) is 4.36. The first-order valence-corrected chi connectivity index (χ1v) is 6.23. The van der Waals surface area contributed by atoms with E-state index >= 15 is 0 Å². The van der Waals surface area contributed by atoms with Gasteiger partial charge in [0, 0.05) is 16.5 Å². The quantitative estimate of drug-likeness (QED) is 0.797. The number of carbonyl (C=O) groups is 1. The Bertz CT molecular complexity index is 451. The molecule has 0 unspecified atom stereocenters. The Morgan fingerprint density at radius 1 is 1.47 bits per heavy atom. The van der Waals surface area contributed by atoms with Crippen molar-refractivity contribution in [3.8, 4) is 6.07 Å². The Kier molecular flexibility index (Phi) is 5.47. The van der Waals surface area contributed by atoms with Crippen LogP contribution in [0.4, 0.5) is 0 Å². The van der Waals surface area contributed by atoms with Gasteiger partial charge in [-0.15, -0.1) is 0 Å². The normalized spacial score (nSPS) is 11.9. The van der Waals surface area contributed by atoms with Crippen molar-refractivity contribution in [3.05, 3.63) is 33.8 Å². The summed E-state index contributed by atoms with van der Waals surface area (Å²) in [5, 5.41) is 9.95. The smallest absolute Gasteiger partial charge is 0.154 e. The highest BCUT2D eigenvalue weighted by Gasteiger charge is 2.21. The van der Waals surface area contributed by atoms with Crippen LogP contribution in [0.3, 0.4) is 0 Å². The minimum Gasteiger partial charge on any atom is -0.298 e. The molecule has 0 heterocycles. The van der Waals surface area contributed by atoms with Crippen LogP contribution in [-0.2, 0) is 4.79 Å². The SMILES string of the molecule is CCCCC(=O)[C@@H](C#N)c1ccc(Cl)cc1Cl. The minimum absolute atomic E-state index is 0.0847. The largest absolute Gasteiger partial charge is 0.298 e. The van der Waals surface area contributed by atoms with Crippen LogP contribution in [0.25, 0.3) is 0 Å². The monoisotopic (exact) mass is 269 g/mol. The maximum absolute atomic E-state index is 11.9. The lowest BCUT2D eigenvalue weighted by Crippen LogP contribution is -2.11. The Balaban J connectivity index is 2.94. The van der Waals surface area contributed by atoms with E-state index < -0.39 is 5.92 Å². The molecular weight excluding hydrogens is 257 g/mol. The number of nitrogens with zero attached hydrogens (tertiary/aromatic N) is 1. The van der Waals surface area contributed by atoms with Gasteiger partial charge in [0.1, 0.15) is 5.92 Å². The summed E-state index contributed by atoms with van der Waals surface area (Å²) in [6.07, 6.45) is 2.13. The van der Waals surface area contributed by atoms with Crippen molar-refractivity contribution in [2.75, 3.05) is 0 Å². The first-order valence-electron chi connectivity index (χ1n) is 5.47. The van der Waals surface area contributed by atoms with E-state index in [9.17, 15) is 4.79 Å². The molecule has 17 heavy (non-hydrogen) atoms. The van der Waals surface area contributed by atoms with Crippen molar-refractivity contribution in [2.24, 2.45) is 0 Å². The number of ketones is 1. The first kappa shape index (κ1) is 14.0. The highest BCUT2D eigenvalue weighted by Crippen LogP contribution is 2.28. The third-order valence-corrected chi connectivity index (χ3v) is 3.06. The van der Waals surface area contributed by atoms with E-state index in [0.717, 1.165) is 12.8 Å². The van der Waals surface area contributed by atoms with Crippen molar-refractivity contribution < 1.29 is 4.79 Å². The summed E-state index contributed by atoms with van der Waals surface area (Å²) in [5.41, 5.74) is 0.541. The standard InChI is InChI=1S/C13H13Cl2NO/c1-2-3-4-13(17)11(8-16)10-6-5-9(14)7-12(10)15/h5-7,11H,2-4H2,1H3/t11-/m0/s1. The van der Waals surface area contributed by atoms with E-state index in [-0.39, 0.29) is 5.78 Å². The van der Waals surface area contributed by atoms with Gasteiger partial charge in [0.2, 0.25) is 0 Å². The van der Waals surface area contributed by atoms with Gasteiger partial charge in [-0.3, -0.25) is 4.79 Å². The molecule has 0 spiro atoms. The zero-order valence-electron chi connectivity index (χ0n) is 9.54. The summed E-state index contributed by atoms with van der Waals surface area (Å²) in [6.45, 7) is 2.00. The average molecular weight is 270 g/mol. The number of hydrogen-bond donors (Lipinski definition) is 0. The van der Waals surface area contributed by atoms with E-state index in [1.54, 1.807) is 18.2 Å². The molecule has 0 radical (unpaired) electrons. The summed E-state index contributed by atoms with van der Waals surface area (Å²) >= 11 is 11.8. The number of nitriles is 1. The number of hydrogen-bond acceptors (Lipinski definition) is 2. The van der Waals surface area contributed by atoms with Crippen LogP contribution in [0.1, 0.15) is 37.7 Å². The van der Waals surface area contributed by atoms with Crippen LogP contribution >= 0.6 is 23.2 Å². The van der Waals surface area contributed by atoms with E-state index in [1.165, 1.54) is 0 Å². The molecule has 0 N–H and O–H groups in total. The zero-order valence-corrected chi connectivity index (χ0v) is 11.1. The van der Waals surface area contributed by atoms with Crippen molar-refractivity contribution >= 4 is 29.0 Å². The van der Waals surface area contributed by atoms with Crippen molar-refractivity contribution in [2.45, 2.75) is 32.1 Å². The van der Waals surface area contributed by atoms with Crippen LogP contribution in [0.5, 0.6) is 0 Å². The molecule has 1 atom stereocenters. The second kappa shape index (κ2) is 6.64. The number of Topliss-reactive ketones (excluding diaryl/α,β-unsaturated/α-hetero) is 1. The lowest BCUT2D eigenvalue weighted by molar-refractivity contribution is -0.119. The second-order valence-corrected chi connectivity index (χ2v) is 4.64. The molecule has 0 saturated carbocycles. The number of benzene rings is 1. The molecule has 1 rings (SSSR count). The molecule has 1 aromatic carbocycles. The Morgan fingerprint density at radius 2 is 2.18 bits per heavy atom. The molecular formula is C13H13Cl2NO. The topological polar surface area (TPSA) is 40.9 Å². The highest BCUT2D eigenvalue weighted by molar-refractivity contribution is 6.35. The van der Waals surface area contributed by atoms with E-state index in [0.29, 0.717) is 22.0 Å². The molecule has 4 heteroatoms. The molecule has 2 nitrogen and oxygen atoms in total. The lowest BCUT2D eigenvalue weighted by atomic mass is 9.93. The predicted molar refractivity (Wildman–Crippen MR) is 69.3 cm³/mol. The van der Waals surface area contributed by atoms with Crippen LogP contribution in [0, 0.1) is 11.3 Å². The van der Waals surface area contributed by atoms with Crippen LogP contribution < -0.4 is 0 Å². The third kappa shape index (κ3) is 3.73. The van der Waals surface area contributed by atoms with Crippen LogP contribution in [0.15, 0.2) is 18.2 Å². The first-order chi connectivity index (χ1) is 8.10. The van der Waals surface area contributed by atoms with E-state index in [2.05, 4.69) is 0 Å². The van der Waals surface area contributed by atoms with E-state index in [1.807, 2.05) is 13.0 Å². The minimum atomic E-state index is -0.786. The van der Waals surface area contributed by atoms with Gasteiger partial charge in [-0.1, -0.05) is 42.6 Å². The van der Waals surface area contributed by atoms with Gasteiger partial charge in [0.05, 0.1) is 6.07 Å². The van der Waals surface area contributed by atoms with Gasteiger partial charge < -0.3 is 0 Å². The van der Waals surface area contributed by atoms with Gasteiger partial charge in [0.25, 0.3) is 0 Å². The zero-order chi connectivity index (χ0) is 12.8. The average Bonchev–Trinajstić information content (AvgIpc) is 2.30. The Hall–Kier alpha value is -1.04. The van der Waals surface area contributed by atoms with Gasteiger partial charge in [-0.2, -0.15) is 5.26 Å². The molecule has 0 saturated heterocycles. The lowest BCUT2D eigenvalue weighted by Gasteiger charge is -2.10. The summed E-state index contributed by atoms with van der Waals surface area (Å²) in [6, 6.07) is 6.84. The fourth-order valence-electron chi connectivity index (χ4n) is 1.55. The molecule has 1 aromatic rings.